The number of rotatable bonds is 5. The fourth-order valence-corrected chi connectivity index (χ4v) is 4.89. The molecule has 1 N–H and O–H groups in total. The molecular formula is C20H18N2O2S2. The number of aromatic nitrogens is 2. The summed E-state index contributed by atoms with van der Waals surface area (Å²) in [5.74, 6) is -0.875. The molecule has 0 radical (unpaired) electrons. The molecule has 1 atom stereocenters. The molecule has 3 aromatic rings. The molecule has 4 nitrogen and oxygen atoms in total. The molecule has 4 rings (SSSR count). The zero-order valence-corrected chi connectivity index (χ0v) is 15.7. The van der Waals surface area contributed by atoms with Gasteiger partial charge in [-0.25, -0.2) is 9.97 Å². The Hall–Kier alpha value is -2.18. The minimum atomic E-state index is -0.875. The summed E-state index contributed by atoms with van der Waals surface area (Å²) in [5.41, 5.74) is 4.04. The van der Waals surface area contributed by atoms with Crippen LogP contribution in [0, 0.1) is 0 Å². The molecule has 1 aliphatic carbocycles. The van der Waals surface area contributed by atoms with Gasteiger partial charge in [-0.1, -0.05) is 48.2 Å². The highest BCUT2D eigenvalue weighted by atomic mass is 32.2. The average Bonchev–Trinajstić information content (AvgIpc) is 3.20. The standard InChI is InChI=1S/C20H18N2O2S2/c23-19(24)18(13-7-2-1-3-8-13)26-20-21-15-10-5-4-9-14(15)17(22-20)16-11-6-12-25-16/h1-3,6-8,11-12,18H,4-5,9-10H2,(H,23,24)/t18-/m1/s1. The van der Waals surface area contributed by atoms with Crippen LogP contribution < -0.4 is 0 Å². The first-order valence-electron chi connectivity index (χ1n) is 8.60. The Balaban J connectivity index is 1.74. The smallest absolute Gasteiger partial charge is 0.321 e. The lowest BCUT2D eigenvalue weighted by Gasteiger charge is -2.19. The van der Waals surface area contributed by atoms with Crippen LogP contribution in [0.1, 0.15) is 34.9 Å². The highest BCUT2D eigenvalue weighted by Gasteiger charge is 2.25. The average molecular weight is 383 g/mol. The summed E-state index contributed by atoms with van der Waals surface area (Å²) in [6.45, 7) is 0. The fourth-order valence-electron chi connectivity index (χ4n) is 3.24. The summed E-state index contributed by atoms with van der Waals surface area (Å²) >= 11 is 2.88. The zero-order valence-electron chi connectivity index (χ0n) is 14.1. The normalized spacial score (nSPS) is 14.6. The van der Waals surface area contributed by atoms with Crippen LogP contribution >= 0.6 is 23.1 Å². The van der Waals surface area contributed by atoms with Gasteiger partial charge in [0.05, 0.1) is 10.6 Å². The molecule has 2 aromatic heterocycles. The Labute approximate surface area is 160 Å². The van der Waals surface area contributed by atoms with Crippen LogP contribution in [0.15, 0.2) is 53.0 Å². The van der Waals surface area contributed by atoms with Crippen molar-refractivity contribution in [3.8, 4) is 10.6 Å². The van der Waals surface area contributed by atoms with Crippen LogP contribution in [0.3, 0.4) is 0 Å². The number of nitrogens with zero attached hydrogens (tertiary/aromatic N) is 2. The van der Waals surface area contributed by atoms with Crippen molar-refractivity contribution in [3.05, 3.63) is 64.7 Å². The van der Waals surface area contributed by atoms with Gasteiger partial charge in [-0.3, -0.25) is 4.79 Å². The zero-order chi connectivity index (χ0) is 17.9. The van der Waals surface area contributed by atoms with Crippen molar-refractivity contribution in [1.29, 1.82) is 0 Å². The molecule has 0 saturated carbocycles. The molecular weight excluding hydrogens is 364 g/mol. The van der Waals surface area contributed by atoms with Gasteiger partial charge < -0.3 is 5.11 Å². The van der Waals surface area contributed by atoms with Gasteiger partial charge in [0.25, 0.3) is 0 Å². The molecule has 0 spiro atoms. The van der Waals surface area contributed by atoms with Gasteiger partial charge in [-0.05, 0) is 42.7 Å². The van der Waals surface area contributed by atoms with Crippen molar-refractivity contribution >= 4 is 29.1 Å². The summed E-state index contributed by atoms with van der Waals surface area (Å²) in [7, 11) is 0. The van der Waals surface area contributed by atoms with Crippen molar-refractivity contribution in [1.82, 2.24) is 9.97 Å². The fraction of sp³-hybridized carbons (Fsp3) is 0.250. The second-order valence-corrected chi connectivity index (χ2v) is 8.23. The van der Waals surface area contributed by atoms with Crippen molar-refractivity contribution in [2.45, 2.75) is 36.1 Å². The predicted molar refractivity (Wildman–Crippen MR) is 105 cm³/mol. The Bertz CT molecular complexity index is 911. The van der Waals surface area contributed by atoms with E-state index in [1.165, 1.54) is 17.3 Å². The number of benzene rings is 1. The minimum Gasteiger partial charge on any atom is -0.480 e. The number of hydrogen-bond donors (Lipinski definition) is 1. The van der Waals surface area contributed by atoms with Crippen LogP contribution in [0.25, 0.3) is 10.6 Å². The maximum absolute atomic E-state index is 11.8. The highest BCUT2D eigenvalue weighted by molar-refractivity contribution is 8.00. The van der Waals surface area contributed by atoms with Gasteiger partial charge in [-0.15, -0.1) is 11.3 Å². The number of fused-ring (bicyclic) bond motifs is 1. The van der Waals surface area contributed by atoms with E-state index in [2.05, 4.69) is 6.07 Å². The van der Waals surface area contributed by atoms with E-state index in [-0.39, 0.29) is 0 Å². The molecule has 132 valence electrons. The number of aliphatic carboxylic acids is 1. The van der Waals surface area contributed by atoms with E-state index in [9.17, 15) is 9.90 Å². The molecule has 0 saturated heterocycles. The first-order chi connectivity index (χ1) is 12.7. The molecule has 6 heteroatoms. The van der Waals surface area contributed by atoms with Crippen LogP contribution in [-0.4, -0.2) is 21.0 Å². The molecule has 0 fully saturated rings. The third-order valence-corrected chi connectivity index (χ3v) is 6.45. The van der Waals surface area contributed by atoms with E-state index in [4.69, 9.17) is 9.97 Å². The quantitative estimate of drug-likeness (QED) is 0.497. The van der Waals surface area contributed by atoms with Gasteiger partial charge in [0.15, 0.2) is 5.16 Å². The molecule has 1 aromatic carbocycles. The van der Waals surface area contributed by atoms with Crippen molar-refractivity contribution in [3.63, 3.8) is 0 Å². The Morgan fingerprint density at radius 3 is 2.62 bits per heavy atom. The van der Waals surface area contributed by atoms with Crippen molar-refractivity contribution in [2.24, 2.45) is 0 Å². The minimum absolute atomic E-state index is 0.547. The van der Waals surface area contributed by atoms with Crippen LogP contribution in [0.4, 0.5) is 0 Å². The SMILES string of the molecule is O=C(O)[C@H](Sc1nc2c(c(-c3cccs3)n1)CCCC2)c1ccccc1. The summed E-state index contributed by atoms with van der Waals surface area (Å²) in [6, 6.07) is 13.4. The molecule has 1 aliphatic rings. The Morgan fingerprint density at radius 1 is 1.08 bits per heavy atom. The van der Waals surface area contributed by atoms with E-state index in [0.29, 0.717) is 5.16 Å². The lowest BCUT2D eigenvalue weighted by molar-refractivity contribution is -0.136. The first kappa shape index (κ1) is 17.2. The number of hydrogen-bond acceptors (Lipinski definition) is 5. The van der Waals surface area contributed by atoms with E-state index in [1.807, 2.05) is 41.8 Å². The van der Waals surface area contributed by atoms with Crippen LogP contribution in [0.2, 0.25) is 0 Å². The Morgan fingerprint density at radius 2 is 1.88 bits per heavy atom. The maximum atomic E-state index is 11.8. The third kappa shape index (κ3) is 3.52. The van der Waals surface area contributed by atoms with E-state index < -0.39 is 11.2 Å². The van der Waals surface area contributed by atoms with Gasteiger partial charge >= 0.3 is 5.97 Å². The van der Waals surface area contributed by atoms with E-state index in [0.717, 1.165) is 47.5 Å². The van der Waals surface area contributed by atoms with E-state index >= 15 is 0 Å². The van der Waals surface area contributed by atoms with Gasteiger partial charge in [0, 0.05) is 11.3 Å². The number of thiophene rings is 1. The lowest BCUT2D eigenvalue weighted by atomic mass is 9.94. The summed E-state index contributed by atoms with van der Waals surface area (Å²) < 4.78 is 0. The van der Waals surface area contributed by atoms with Gasteiger partial charge in [0.1, 0.15) is 5.25 Å². The number of carboxylic acid groups (broad SMARTS) is 1. The van der Waals surface area contributed by atoms with Crippen molar-refractivity contribution < 1.29 is 9.90 Å². The molecule has 0 aliphatic heterocycles. The maximum Gasteiger partial charge on any atom is 0.321 e. The summed E-state index contributed by atoms with van der Waals surface area (Å²) in [6.07, 6.45) is 4.21. The first-order valence-corrected chi connectivity index (χ1v) is 10.4. The summed E-state index contributed by atoms with van der Waals surface area (Å²) in [5, 5.41) is 11.6. The monoisotopic (exact) mass is 382 g/mol. The molecule has 0 unspecified atom stereocenters. The largest absolute Gasteiger partial charge is 0.480 e. The topological polar surface area (TPSA) is 63.1 Å². The third-order valence-electron chi connectivity index (χ3n) is 4.47. The number of carbonyl (C=O) groups is 1. The van der Waals surface area contributed by atoms with Gasteiger partial charge in [0.2, 0.25) is 0 Å². The second-order valence-electron chi connectivity index (χ2n) is 6.21. The number of thioether (sulfide) groups is 1. The Kier molecular flexibility index (Phi) is 5.04. The van der Waals surface area contributed by atoms with E-state index in [1.54, 1.807) is 11.3 Å². The van der Waals surface area contributed by atoms with Gasteiger partial charge in [-0.2, -0.15) is 0 Å². The number of aryl methyl sites for hydroxylation is 1. The second kappa shape index (κ2) is 7.60. The molecule has 26 heavy (non-hydrogen) atoms. The van der Waals surface area contributed by atoms with Crippen molar-refractivity contribution in [2.75, 3.05) is 0 Å². The predicted octanol–water partition coefficient (Wildman–Crippen LogP) is 5.00. The molecule has 0 amide bonds. The summed E-state index contributed by atoms with van der Waals surface area (Å²) in [4.78, 5) is 22.5. The molecule has 2 heterocycles. The highest BCUT2D eigenvalue weighted by Crippen LogP contribution is 2.38. The lowest BCUT2D eigenvalue weighted by Crippen LogP contribution is -2.12. The number of carboxylic acids is 1. The van der Waals surface area contributed by atoms with Crippen LogP contribution in [0.5, 0.6) is 0 Å². The van der Waals surface area contributed by atoms with Crippen LogP contribution in [-0.2, 0) is 17.6 Å². The molecule has 0 bridgehead atoms.